The van der Waals surface area contributed by atoms with Crippen molar-refractivity contribution >= 4 is 87.0 Å². The smallest absolute Gasteiger partial charge is 0.224 e. The molecule has 0 aliphatic carbocycles. The second-order valence-electron chi connectivity index (χ2n) is 28.0. The number of phenols is 1. The Morgan fingerprint density at radius 3 is 1.56 bits per heavy atom. The van der Waals surface area contributed by atoms with E-state index >= 15 is 14.4 Å². The Morgan fingerprint density at radius 1 is 0.490 bits per heavy atom. The van der Waals surface area contributed by atoms with Crippen molar-refractivity contribution in [2.45, 2.75) is 193 Å². The highest BCUT2D eigenvalue weighted by atomic mass is 32.2. The molecule has 4 amide bonds. The highest BCUT2D eigenvalue weighted by molar-refractivity contribution is 7.98. The van der Waals surface area contributed by atoms with Gasteiger partial charge in [-0.1, -0.05) is 101 Å². The summed E-state index contributed by atoms with van der Waals surface area (Å²) in [5, 5.41) is 35.6. The van der Waals surface area contributed by atoms with Crippen molar-refractivity contribution < 1.29 is 53.1 Å². The van der Waals surface area contributed by atoms with Crippen LogP contribution in [-0.2, 0) is 67.2 Å². The van der Waals surface area contributed by atoms with Gasteiger partial charge in [-0.15, -0.1) is 0 Å². The number of rotatable bonds is 55. The minimum Gasteiger partial charge on any atom is -0.508 e. The number of fused-ring (bicyclic) bond motifs is 1. The van der Waals surface area contributed by atoms with Crippen molar-refractivity contribution in [2.24, 2.45) is 57.9 Å². The van der Waals surface area contributed by atoms with Gasteiger partial charge in [0, 0.05) is 85.3 Å². The second-order valence-corrected chi connectivity index (χ2v) is 29.0. The van der Waals surface area contributed by atoms with Gasteiger partial charge < -0.3 is 64.1 Å². The lowest BCUT2D eigenvalue weighted by molar-refractivity contribution is -0.137. The maximum Gasteiger partial charge on any atom is 0.224 e. The minimum atomic E-state index is -1.17. The van der Waals surface area contributed by atoms with Crippen LogP contribution in [0.5, 0.6) is 5.75 Å². The van der Waals surface area contributed by atoms with E-state index in [1.165, 1.54) is 30.8 Å². The van der Waals surface area contributed by atoms with Gasteiger partial charge in [-0.2, -0.15) is 11.8 Å². The Balaban J connectivity index is 1.65. The Hall–Kier alpha value is -7.64. The molecule has 0 aliphatic rings. The fraction of sp³-hybridized carbons (Fsp3) is 0.603. The Labute approximate surface area is 609 Å². The molecule has 23 nitrogen and oxygen atoms in total. The van der Waals surface area contributed by atoms with Crippen LogP contribution in [-0.4, -0.2) is 171 Å². The number of para-hydroxylation sites is 1. The minimum absolute atomic E-state index is 0.00779. The van der Waals surface area contributed by atoms with Crippen LogP contribution >= 0.6 is 11.8 Å². The van der Waals surface area contributed by atoms with Gasteiger partial charge in [0.2, 0.25) is 23.6 Å². The fourth-order valence-electron chi connectivity index (χ4n) is 13.0. The topological polar surface area (TPSA) is 367 Å². The molecule has 0 bridgehead atoms. The summed E-state index contributed by atoms with van der Waals surface area (Å²) in [6.45, 7) is 11.1. The molecule has 0 spiro atoms. The van der Waals surface area contributed by atoms with Crippen LogP contribution in [0.1, 0.15) is 160 Å². The molecule has 3 aromatic carbocycles. The summed E-state index contributed by atoms with van der Waals surface area (Å²) in [5.74, 6) is -9.17. The van der Waals surface area contributed by atoms with E-state index in [1.54, 1.807) is 46.9 Å². The highest BCUT2D eigenvalue weighted by Crippen LogP contribution is 2.28. The first-order valence-corrected chi connectivity index (χ1v) is 38.1. The number of aromatic amines is 1. The van der Waals surface area contributed by atoms with Crippen LogP contribution in [0.3, 0.4) is 0 Å². The van der Waals surface area contributed by atoms with Crippen molar-refractivity contribution in [3.05, 3.63) is 102 Å². The van der Waals surface area contributed by atoms with Crippen molar-refractivity contribution in [1.29, 1.82) is 0 Å². The molecule has 4 rings (SSSR count). The number of benzene rings is 3. The van der Waals surface area contributed by atoms with Gasteiger partial charge >= 0.3 is 0 Å². The molecule has 564 valence electrons. The predicted molar refractivity (Wildman–Crippen MR) is 407 cm³/mol. The SMILES string of the molecule is CNCCCC[C@H](CC(=O)[C@H](CCCCNC)NC(=O)[C@@H](CC(=O)[C@H](CCSC)NC(=O)[C@@H](CC(=O)[C@@H](NC(=O)[C@@H](CC(=O)[C@H](Cc1ccccc1)NC(=O)[C@H](CCCN=C(N)N)CC(=O)[C@H](CCCCNC)NC)Cc1ccc(O)cc1)C(C)C)C(C)C)Cc1c[nH]c2ccccc12)C(C)=O. The van der Waals surface area contributed by atoms with E-state index in [1.807, 2.05) is 88.2 Å². The molecule has 10 atom stereocenters. The van der Waals surface area contributed by atoms with E-state index in [9.17, 15) is 38.7 Å². The third-order valence-electron chi connectivity index (χ3n) is 19.2. The zero-order valence-corrected chi connectivity index (χ0v) is 63.0. The second kappa shape index (κ2) is 47.6. The molecular formula is C78H120N12O11S. The summed E-state index contributed by atoms with van der Waals surface area (Å²) in [4.78, 5) is 153. The number of likely N-dealkylation sites (N-methyl/N-ethyl adjacent to an activating group) is 1. The molecule has 14 N–H and O–H groups in total. The number of hydrogen-bond acceptors (Lipinski definition) is 17. The van der Waals surface area contributed by atoms with Crippen LogP contribution in [0.2, 0.25) is 0 Å². The molecule has 1 heterocycles. The molecule has 0 fully saturated rings. The number of guanidine groups is 1. The Morgan fingerprint density at radius 2 is 0.980 bits per heavy atom. The predicted octanol–water partition coefficient (Wildman–Crippen LogP) is 7.18. The molecular weight excluding hydrogens is 1310 g/mol. The third-order valence-corrected chi connectivity index (χ3v) is 19.9. The lowest BCUT2D eigenvalue weighted by Gasteiger charge is -2.29. The number of nitrogens with zero attached hydrogens (tertiary/aromatic N) is 1. The van der Waals surface area contributed by atoms with E-state index < -0.39 is 119 Å². The quantitative estimate of drug-likeness (QED) is 0.0118. The summed E-state index contributed by atoms with van der Waals surface area (Å²) in [6.07, 6.45) is 9.47. The number of carbonyl (C=O) groups is 10. The number of nitrogens with one attached hydrogen (secondary N) is 9. The van der Waals surface area contributed by atoms with Gasteiger partial charge in [-0.3, -0.25) is 52.9 Å². The molecule has 102 heavy (non-hydrogen) atoms. The van der Waals surface area contributed by atoms with Crippen molar-refractivity contribution in [3.63, 3.8) is 0 Å². The first kappa shape index (κ1) is 86.8. The van der Waals surface area contributed by atoms with E-state index in [0.717, 1.165) is 67.2 Å². The summed E-state index contributed by atoms with van der Waals surface area (Å²) in [6, 6.07) is 18.1. The van der Waals surface area contributed by atoms with E-state index in [2.05, 4.69) is 52.5 Å². The summed E-state index contributed by atoms with van der Waals surface area (Å²) in [5.41, 5.74) is 14.2. The number of phenolic OH excluding ortho intramolecular Hbond substituents is 1. The fourth-order valence-corrected chi connectivity index (χ4v) is 13.5. The normalized spacial score (nSPS) is 14.5. The Kier molecular flexibility index (Phi) is 40.5. The van der Waals surface area contributed by atoms with Crippen molar-refractivity contribution in [3.8, 4) is 5.75 Å². The number of ketones is 6. The molecule has 0 saturated carbocycles. The van der Waals surface area contributed by atoms with Crippen LogP contribution in [0.15, 0.2) is 90.1 Å². The van der Waals surface area contributed by atoms with Gasteiger partial charge in [0.1, 0.15) is 11.5 Å². The number of Topliss-reactive ketones (excluding diaryl/α,β-unsaturated/α-hetero) is 6. The summed E-state index contributed by atoms with van der Waals surface area (Å²) in [7, 11) is 7.27. The van der Waals surface area contributed by atoms with E-state index in [4.69, 9.17) is 11.5 Å². The standard InChI is InChI=1S/C78H120N12O11S/c1-50(2)62(77(101)88-66(35-40-102-10)70(95)47-58(43-59-49-86-63-28-15-14-27-61(59)63)75(99)87-65(30-18-21-38-83-8)69(94)44-55(52(5)91)25-16-19-36-81-6)48-72(97)73(51(3)4)90-76(100)57(41-54-31-33-60(92)34-32-54)46-71(96)67(42-53-23-12-11-13-24-53)89-74(98)56(26-22-39-85-78(79)80)45-68(93)64(84-9)29-17-20-37-82-7/h11-15,23-24,27-28,31-34,49-51,55-58,62,64-67,73,81-84,86,92H,16-22,25-26,29-30,35-48H2,1-10H3,(H,87,99)(H,88,101)(H,89,98)(H,90,100)(H4,79,80,85)/t55-,56-,57-,58-,62+,64+,65+,66+,67+,73+/m1/s1. The molecule has 4 aromatic rings. The first-order chi connectivity index (χ1) is 48.8. The molecule has 0 radical (unpaired) electrons. The highest BCUT2D eigenvalue weighted by Gasteiger charge is 2.38. The maximum absolute atomic E-state index is 15.1. The zero-order valence-electron chi connectivity index (χ0n) is 62.2. The number of aromatic nitrogens is 1. The van der Waals surface area contributed by atoms with Gasteiger partial charge in [0.15, 0.2) is 34.9 Å². The van der Waals surface area contributed by atoms with Gasteiger partial charge in [-0.05, 0) is 197 Å². The number of amides is 4. The monoisotopic (exact) mass is 1430 g/mol. The van der Waals surface area contributed by atoms with Gasteiger partial charge in [0.05, 0.1) is 30.2 Å². The van der Waals surface area contributed by atoms with Crippen LogP contribution in [0.4, 0.5) is 0 Å². The summed E-state index contributed by atoms with van der Waals surface area (Å²) >= 11 is 1.48. The molecule has 1 aromatic heterocycles. The average Bonchev–Trinajstić information content (AvgIpc) is 1.69. The average molecular weight is 1430 g/mol. The number of H-pyrrole nitrogens is 1. The lowest BCUT2D eigenvalue weighted by atomic mass is 9.84. The van der Waals surface area contributed by atoms with Gasteiger partial charge in [-0.25, -0.2) is 0 Å². The number of carbonyl (C=O) groups excluding carboxylic acids is 10. The maximum atomic E-state index is 15.1. The molecule has 0 aliphatic heterocycles. The first-order valence-electron chi connectivity index (χ1n) is 36.7. The number of unbranched alkanes of at least 4 members (excludes halogenated alkanes) is 3. The largest absolute Gasteiger partial charge is 0.508 e. The summed E-state index contributed by atoms with van der Waals surface area (Å²) < 4.78 is 0. The van der Waals surface area contributed by atoms with Crippen LogP contribution < -0.4 is 54.0 Å². The van der Waals surface area contributed by atoms with E-state index in [-0.39, 0.29) is 93.4 Å². The zero-order chi connectivity index (χ0) is 75.1. The number of thioether (sulfide) groups is 1. The lowest BCUT2D eigenvalue weighted by Crippen LogP contribution is -2.51. The molecule has 24 heteroatoms. The third kappa shape index (κ3) is 31.1. The van der Waals surface area contributed by atoms with Crippen molar-refractivity contribution in [2.75, 3.05) is 66.4 Å². The van der Waals surface area contributed by atoms with Crippen LogP contribution in [0.25, 0.3) is 10.9 Å². The number of aliphatic imine (C=N–C) groups is 1. The van der Waals surface area contributed by atoms with Crippen LogP contribution in [0, 0.1) is 41.4 Å². The van der Waals surface area contributed by atoms with E-state index in [0.29, 0.717) is 50.0 Å². The van der Waals surface area contributed by atoms with Gasteiger partial charge in [0.25, 0.3) is 0 Å². The van der Waals surface area contributed by atoms with Crippen molar-refractivity contribution in [1.82, 2.24) is 47.5 Å². The number of aromatic hydroxyl groups is 1. The number of nitrogens with two attached hydrogens (primary N) is 2. The number of hydrogen-bond donors (Lipinski definition) is 12. The molecule has 0 saturated heterocycles. The Bertz CT molecular complexity index is 3290. The molecule has 0 unspecified atom stereocenters.